The minimum absolute atomic E-state index is 0.248. The van der Waals surface area contributed by atoms with Crippen molar-refractivity contribution >= 4 is 11.5 Å². The molecule has 2 rings (SSSR count). The van der Waals surface area contributed by atoms with Gasteiger partial charge in [-0.05, 0) is 48.8 Å². The van der Waals surface area contributed by atoms with E-state index in [4.69, 9.17) is 5.73 Å². The Kier molecular flexibility index (Phi) is 3.03. The van der Waals surface area contributed by atoms with Gasteiger partial charge in [0.2, 0.25) is 0 Å². The van der Waals surface area contributed by atoms with Gasteiger partial charge < -0.3 is 5.73 Å². The summed E-state index contributed by atoms with van der Waals surface area (Å²) in [5.74, 6) is -0.248. The minimum Gasteiger partial charge on any atom is -0.330 e. The molecule has 0 atom stereocenters. The molecule has 1 aromatic carbocycles. The van der Waals surface area contributed by atoms with Crippen LogP contribution in [0.3, 0.4) is 0 Å². The second-order valence-corrected chi connectivity index (χ2v) is 3.93. The zero-order valence-corrected chi connectivity index (χ0v) is 8.80. The van der Waals surface area contributed by atoms with Crippen LogP contribution in [0, 0.1) is 5.82 Å². The Hall–Kier alpha value is -1.33. The van der Waals surface area contributed by atoms with E-state index >= 15 is 0 Å². The molecule has 3 nitrogen and oxygen atoms in total. The van der Waals surface area contributed by atoms with Crippen LogP contribution < -0.4 is 5.73 Å². The summed E-state index contributed by atoms with van der Waals surface area (Å²) in [4.78, 5) is 1.05. The Morgan fingerprint density at radius 2 is 2.00 bits per heavy atom. The van der Waals surface area contributed by atoms with Gasteiger partial charge in [-0.25, -0.2) is 4.39 Å². The van der Waals surface area contributed by atoms with Gasteiger partial charge in [0.25, 0.3) is 0 Å². The van der Waals surface area contributed by atoms with Crippen molar-refractivity contribution in [2.24, 2.45) is 5.73 Å². The SMILES string of the molecule is NCCc1snnc1-c1ccc(F)cc1. The van der Waals surface area contributed by atoms with Crippen molar-refractivity contribution in [2.75, 3.05) is 6.54 Å². The molecule has 0 saturated heterocycles. The second-order valence-electron chi connectivity index (χ2n) is 3.09. The highest BCUT2D eigenvalue weighted by Gasteiger charge is 2.09. The topological polar surface area (TPSA) is 51.8 Å². The molecule has 0 fully saturated rings. The normalized spacial score (nSPS) is 10.5. The molecule has 0 spiro atoms. The number of hydrogen-bond donors (Lipinski definition) is 1. The van der Waals surface area contributed by atoms with E-state index in [1.165, 1.54) is 23.7 Å². The molecule has 0 unspecified atom stereocenters. The maximum atomic E-state index is 12.7. The molecule has 2 N–H and O–H groups in total. The molecule has 0 saturated carbocycles. The van der Waals surface area contributed by atoms with Crippen LogP contribution in [0.15, 0.2) is 24.3 Å². The highest BCUT2D eigenvalue weighted by molar-refractivity contribution is 7.06. The number of nitrogens with zero attached hydrogens (tertiary/aromatic N) is 2. The molecular weight excluding hydrogens is 213 g/mol. The highest BCUT2D eigenvalue weighted by Crippen LogP contribution is 2.24. The minimum atomic E-state index is -0.248. The number of nitrogens with two attached hydrogens (primary N) is 1. The van der Waals surface area contributed by atoms with Crippen LogP contribution in [0.5, 0.6) is 0 Å². The lowest BCUT2D eigenvalue weighted by molar-refractivity contribution is 0.628. The first-order valence-electron chi connectivity index (χ1n) is 4.58. The molecule has 5 heteroatoms. The molecule has 15 heavy (non-hydrogen) atoms. The first-order chi connectivity index (χ1) is 7.31. The van der Waals surface area contributed by atoms with Gasteiger partial charge in [0.05, 0.1) is 4.88 Å². The molecule has 0 aliphatic rings. The van der Waals surface area contributed by atoms with Gasteiger partial charge in [-0.2, -0.15) is 0 Å². The van der Waals surface area contributed by atoms with Gasteiger partial charge >= 0.3 is 0 Å². The summed E-state index contributed by atoms with van der Waals surface area (Å²) in [6.07, 6.45) is 0.754. The van der Waals surface area contributed by atoms with Gasteiger partial charge in [0.15, 0.2) is 0 Å². The molecule has 78 valence electrons. The van der Waals surface area contributed by atoms with E-state index in [1.54, 1.807) is 12.1 Å². The van der Waals surface area contributed by atoms with Crippen molar-refractivity contribution in [1.82, 2.24) is 9.59 Å². The number of hydrogen-bond acceptors (Lipinski definition) is 4. The van der Waals surface area contributed by atoms with E-state index < -0.39 is 0 Å². The number of benzene rings is 1. The lowest BCUT2D eigenvalue weighted by Crippen LogP contribution is -2.02. The van der Waals surface area contributed by atoms with Crippen LogP contribution in [-0.2, 0) is 6.42 Å². The standard InChI is InChI=1S/C10H10FN3S/c11-8-3-1-7(2-4-8)10-9(5-6-12)15-14-13-10/h1-4H,5-6,12H2. The molecule has 0 aliphatic heterocycles. The van der Waals surface area contributed by atoms with E-state index in [0.717, 1.165) is 22.6 Å². The zero-order chi connectivity index (χ0) is 10.7. The first-order valence-corrected chi connectivity index (χ1v) is 5.36. The summed E-state index contributed by atoms with van der Waals surface area (Å²) in [5.41, 5.74) is 7.18. The fourth-order valence-corrected chi connectivity index (χ4v) is 2.01. The van der Waals surface area contributed by atoms with E-state index in [-0.39, 0.29) is 5.82 Å². The van der Waals surface area contributed by atoms with Crippen molar-refractivity contribution in [2.45, 2.75) is 6.42 Å². The third kappa shape index (κ3) is 2.19. The summed E-state index contributed by atoms with van der Waals surface area (Å²) < 4.78 is 16.6. The van der Waals surface area contributed by atoms with Crippen LogP contribution in [0.25, 0.3) is 11.3 Å². The number of rotatable bonds is 3. The molecule has 1 aromatic heterocycles. The van der Waals surface area contributed by atoms with E-state index in [9.17, 15) is 4.39 Å². The predicted molar refractivity (Wildman–Crippen MR) is 58.1 cm³/mol. The lowest BCUT2D eigenvalue weighted by atomic mass is 10.1. The lowest BCUT2D eigenvalue weighted by Gasteiger charge is -1.99. The summed E-state index contributed by atoms with van der Waals surface area (Å²) in [5, 5.41) is 4.03. The predicted octanol–water partition coefficient (Wildman–Crippen LogP) is 1.85. The van der Waals surface area contributed by atoms with E-state index in [2.05, 4.69) is 9.59 Å². The van der Waals surface area contributed by atoms with E-state index in [1.807, 2.05) is 0 Å². The molecular formula is C10H10FN3S. The quantitative estimate of drug-likeness (QED) is 0.863. The summed E-state index contributed by atoms with van der Waals surface area (Å²) in [6.45, 7) is 0.568. The summed E-state index contributed by atoms with van der Waals surface area (Å²) >= 11 is 1.34. The maximum Gasteiger partial charge on any atom is 0.123 e. The molecule has 0 bridgehead atoms. The Bertz CT molecular complexity index is 438. The van der Waals surface area contributed by atoms with Crippen molar-refractivity contribution in [1.29, 1.82) is 0 Å². The smallest absolute Gasteiger partial charge is 0.123 e. The van der Waals surface area contributed by atoms with Crippen LogP contribution in [0.2, 0.25) is 0 Å². The van der Waals surface area contributed by atoms with Crippen molar-refractivity contribution in [3.05, 3.63) is 35.0 Å². The number of aromatic nitrogens is 2. The molecule has 0 amide bonds. The maximum absolute atomic E-state index is 12.7. The number of halogens is 1. The Morgan fingerprint density at radius 3 is 2.67 bits per heavy atom. The van der Waals surface area contributed by atoms with Crippen molar-refractivity contribution in [3.8, 4) is 11.3 Å². The zero-order valence-electron chi connectivity index (χ0n) is 7.98. The largest absolute Gasteiger partial charge is 0.330 e. The third-order valence-corrected chi connectivity index (χ3v) is 2.83. The monoisotopic (exact) mass is 223 g/mol. The highest BCUT2D eigenvalue weighted by atomic mass is 32.1. The second kappa shape index (κ2) is 4.46. The Balaban J connectivity index is 2.36. The molecule has 0 radical (unpaired) electrons. The Labute approximate surface area is 90.9 Å². The van der Waals surface area contributed by atoms with Crippen LogP contribution in [0.1, 0.15) is 4.88 Å². The third-order valence-electron chi connectivity index (χ3n) is 2.05. The van der Waals surface area contributed by atoms with Crippen LogP contribution >= 0.6 is 11.5 Å². The van der Waals surface area contributed by atoms with Crippen molar-refractivity contribution in [3.63, 3.8) is 0 Å². The molecule has 0 aliphatic carbocycles. The van der Waals surface area contributed by atoms with Gasteiger partial charge in [0, 0.05) is 5.56 Å². The summed E-state index contributed by atoms with van der Waals surface area (Å²) in [7, 11) is 0. The van der Waals surface area contributed by atoms with Gasteiger partial charge in [-0.1, -0.05) is 4.49 Å². The van der Waals surface area contributed by atoms with Crippen LogP contribution in [0.4, 0.5) is 4.39 Å². The fraction of sp³-hybridized carbons (Fsp3) is 0.200. The summed E-state index contributed by atoms with van der Waals surface area (Å²) in [6, 6.07) is 6.24. The van der Waals surface area contributed by atoms with Gasteiger partial charge in [0.1, 0.15) is 11.5 Å². The average Bonchev–Trinajstić information content (AvgIpc) is 2.68. The van der Waals surface area contributed by atoms with Gasteiger partial charge in [-0.15, -0.1) is 5.10 Å². The average molecular weight is 223 g/mol. The molecule has 1 heterocycles. The first kappa shape index (κ1) is 10.2. The van der Waals surface area contributed by atoms with Gasteiger partial charge in [-0.3, -0.25) is 0 Å². The molecule has 2 aromatic rings. The van der Waals surface area contributed by atoms with Crippen LogP contribution in [-0.4, -0.2) is 16.1 Å². The Morgan fingerprint density at radius 1 is 1.27 bits per heavy atom. The van der Waals surface area contributed by atoms with E-state index in [0.29, 0.717) is 6.54 Å². The van der Waals surface area contributed by atoms with Crippen molar-refractivity contribution < 1.29 is 4.39 Å². The fourth-order valence-electron chi connectivity index (χ4n) is 1.33.